The van der Waals surface area contributed by atoms with Gasteiger partial charge in [0.25, 0.3) is 0 Å². The maximum atomic E-state index is 6.00. The highest BCUT2D eigenvalue weighted by Crippen LogP contribution is 2.30. The van der Waals surface area contributed by atoms with E-state index in [4.69, 9.17) is 5.73 Å². The summed E-state index contributed by atoms with van der Waals surface area (Å²) in [6.45, 7) is 5.37. The first kappa shape index (κ1) is 15.4. The zero-order valence-corrected chi connectivity index (χ0v) is 14.8. The minimum Gasteiger partial charge on any atom is -0.384 e. The van der Waals surface area contributed by atoms with Gasteiger partial charge in [0.05, 0.1) is 5.52 Å². The van der Waals surface area contributed by atoms with Gasteiger partial charge < -0.3 is 15.7 Å². The summed E-state index contributed by atoms with van der Waals surface area (Å²) in [6, 6.07) is 10.8. The zero-order valence-electron chi connectivity index (χ0n) is 14.8. The number of nitrogens with zero attached hydrogens (tertiary/aromatic N) is 3. The monoisotopic (exact) mass is 346 g/mol. The van der Waals surface area contributed by atoms with Crippen molar-refractivity contribution in [3.05, 3.63) is 41.7 Å². The number of nitrogens with two attached hydrogens (primary N) is 1. The molecule has 0 amide bonds. The summed E-state index contributed by atoms with van der Waals surface area (Å²) in [6.07, 6.45) is 2.63. The Bertz CT molecular complexity index is 1100. The molecular weight excluding hydrogens is 324 g/mol. The van der Waals surface area contributed by atoms with E-state index >= 15 is 0 Å². The molecule has 1 fully saturated rings. The van der Waals surface area contributed by atoms with E-state index < -0.39 is 0 Å². The summed E-state index contributed by atoms with van der Waals surface area (Å²) in [4.78, 5) is 18.1. The summed E-state index contributed by atoms with van der Waals surface area (Å²) in [5, 5.41) is 1.20. The van der Waals surface area contributed by atoms with Crippen molar-refractivity contribution in [2.45, 2.75) is 26.3 Å². The lowest BCUT2D eigenvalue weighted by atomic mass is 10.1. The number of imidazole rings is 1. The largest absolute Gasteiger partial charge is 0.384 e. The van der Waals surface area contributed by atoms with Crippen LogP contribution >= 0.6 is 0 Å². The van der Waals surface area contributed by atoms with E-state index in [9.17, 15) is 0 Å². The third-order valence-corrected chi connectivity index (χ3v) is 5.18. The van der Waals surface area contributed by atoms with E-state index in [0.717, 1.165) is 34.7 Å². The number of H-pyrrole nitrogens is 2. The molecule has 4 aromatic rings. The van der Waals surface area contributed by atoms with Crippen molar-refractivity contribution in [2.75, 3.05) is 18.8 Å². The molecule has 4 N–H and O–H groups in total. The summed E-state index contributed by atoms with van der Waals surface area (Å²) in [5.74, 6) is 1.32. The Kier molecular flexibility index (Phi) is 3.46. The molecular formula is C20H22N6. The number of benzene rings is 1. The molecule has 1 aliphatic heterocycles. The third-order valence-electron chi connectivity index (χ3n) is 5.18. The molecule has 6 heteroatoms. The first-order valence-electron chi connectivity index (χ1n) is 9.13. The number of hydrogen-bond donors (Lipinski definition) is 3. The fraction of sp³-hybridized carbons (Fsp3) is 0.300. The Labute approximate surface area is 151 Å². The number of aromatic nitrogens is 4. The van der Waals surface area contributed by atoms with Gasteiger partial charge in [-0.15, -0.1) is 0 Å². The predicted octanol–water partition coefficient (Wildman–Crippen LogP) is 3.59. The second-order valence-corrected chi connectivity index (χ2v) is 7.20. The molecule has 132 valence electrons. The number of pyridine rings is 1. The summed E-state index contributed by atoms with van der Waals surface area (Å²) >= 11 is 0. The van der Waals surface area contributed by atoms with E-state index in [1.165, 1.54) is 36.9 Å². The highest BCUT2D eigenvalue weighted by Gasteiger charge is 2.14. The van der Waals surface area contributed by atoms with Gasteiger partial charge in [-0.2, -0.15) is 0 Å². The highest BCUT2D eigenvalue weighted by atomic mass is 15.1. The lowest BCUT2D eigenvalue weighted by Crippen LogP contribution is -2.18. The van der Waals surface area contributed by atoms with Crippen LogP contribution in [-0.4, -0.2) is 37.9 Å². The minimum atomic E-state index is 0.479. The number of nitrogens with one attached hydrogen (secondary N) is 2. The number of nitrogen functional groups attached to an aromatic ring is 1. The van der Waals surface area contributed by atoms with Crippen LogP contribution in [0.4, 0.5) is 5.82 Å². The van der Waals surface area contributed by atoms with Gasteiger partial charge in [0.1, 0.15) is 11.6 Å². The van der Waals surface area contributed by atoms with Crippen molar-refractivity contribution < 1.29 is 0 Å². The second kappa shape index (κ2) is 5.85. The number of fused-ring (bicyclic) bond motifs is 2. The summed E-state index contributed by atoms with van der Waals surface area (Å²) in [5.41, 5.74) is 12.1. The van der Waals surface area contributed by atoms with Gasteiger partial charge in [0, 0.05) is 28.7 Å². The Morgan fingerprint density at radius 3 is 2.77 bits per heavy atom. The van der Waals surface area contributed by atoms with Crippen LogP contribution in [0, 0.1) is 6.92 Å². The van der Waals surface area contributed by atoms with Crippen LogP contribution in [0.1, 0.15) is 24.2 Å². The average Bonchev–Trinajstić information content (AvgIpc) is 3.32. The van der Waals surface area contributed by atoms with Gasteiger partial charge in [-0.05, 0) is 56.6 Å². The molecule has 4 heterocycles. The average molecular weight is 346 g/mol. The van der Waals surface area contributed by atoms with Gasteiger partial charge in [-0.1, -0.05) is 12.1 Å². The Hall–Kier alpha value is -2.86. The minimum absolute atomic E-state index is 0.479. The lowest BCUT2D eigenvalue weighted by molar-refractivity contribution is 0.331. The van der Waals surface area contributed by atoms with Crippen molar-refractivity contribution >= 4 is 27.9 Å². The number of anilines is 1. The Morgan fingerprint density at radius 2 is 1.92 bits per heavy atom. The van der Waals surface area contributed by atoms with Crippen molar-refractivity contribution in [3.8, 4) is 11.3 Å². The van der Waals surface area contributed by atoms with E-state index in [0.29, 0.717) is 11.5 Å². The van der Waals surface area contributed by atoms with E-state index in [-0.39, 0.29) is 0 Å². The number of aryl methyl sites for hydroxylation is 1. The normalized spacial score (nSPS) is 15.4. The zero-order chi connectivity index (χ0) is 17.7. The van der Waals surface area contributed by atoms with Crippen molar-refractivity contribution in [3.63, 3.8) is 0 Å². The number of hydrogen-bond acceptors (Lipinski definition) is 4. The van der Waals surface area contributed by atoms with Gasteiger partial charge in [-0.3, -0.25) is 4.90 Å². The summed E-state index contributed by atoms with van der Waals surface area (Å²) in [7, 11) is 0. The van der Waals surface area contributed by atoms with Crippen LogP contribution in [0.15, 0.2) is 30.3 Å². The lowest BCUT2D eigenvalue weighted by Gasteiger charge is -2.14. The van der Waals surface area contributed by atoms with E-state index in [1.54, 1.807) is 0 Å². The van der Waals surface area contributed by atoms with Crippen LogP contribution in [0.2, 0.25) is 0 Å². The molecule has 0 unspecified atom stereocenters. The van der Waals surface area contributed by atoms with Crippen molar-refractivity contribution in [1.29, 1.82) is 0 Å². The highest BCUT2D eigenvalue weighted by molar-refractivity contribution is 5.95. The van der Waals surface area contributed by atoms with E-state index in [1.807, 2.05) is 13.0 Å². The number of aromatic amines is 2. The van der Waals surface area contributed by atoms with Crippen LogP contribution < -0.4 is 5.73 Å². The molecule has 1 saturated heterocycles. The van der Waals surface area contributed by atoms with Crippen LogP contribution in [0.5, 0.6) is 0 Å². The number of likely N-dealkylation sites (tertiary alicyclic amines) is 1. The first-order valence-corrected chi connectivity index (χ1v) is 9.13. The topological polar surface area (TPSA) is 86.6 Å². The molecule has 0 spiro atoms. The molecule has 0 bridgehead atoms. The quantitative estimate of drug-likeness (QED) is 0.529. The molecule has 26 heavy (non-hydrogen) atoms. The standard InChI is InChI=1S/C20H22N6/c1-12-22-19-15(10-18(21)25-20(19)23-12)17-9-14-5-4-13(8-16(14)24-17)11-26-6-2-3-7-26/h4-5,8-10,24H,2-3,6-7,11H2,1H3,(H3,21,22,23,25). The second-order valence-electron chi connectivity index (χ2n) is 7.20. The summed E-state index contributed by atoms with van der Waals surface area (Å²) < 4.78 is 0. The smallest absolute Gasteiger partial charge is 0.180 e. The van der Waals surface area contributed by atoms with Gasteiger partial charge >= 0.3 is 0 Å². The SMILES string of the molecule is Cc1nc2nc(N)cc(-c3cc4ccc(CN5CCCC5)cc4[nH]3)c2[nH]1. The molecule has 3 aromatic heterocycles. The fourth-order valence-electron chi connectivity index (χ4n) is 3.95. The van der Waals surface area contributed by atoms with Crippen LogP contribution in [0.25, 0.3) is 33.3 Å². The maximum Gasteiger partial charge on any atom is 0.180 e. The molecule has 5 rings (SSSR count). The Morgan fingerprint density at radius 1 is 1.08 bits per heavy atom. The third kappa shape index (κ3) is 2.63. The fourth-order valence-corrected chi connectivity index (χ4v) is 3.95. The molecule has 1 aliphatic rings. The molecule has 0 radical (unpaired) electrons. The first-order chi connectivity index (χ1) is 12.7. The van der Waals surface area contributed by atoms with Crippen LogP contribution in [0.3, 0.4) is 0 Å². The van der Waals surface area contributed by atoms with Crippen molar-refractivity contribution in [1.82, 2.24) is 24.8 Å². The maximum absolute atomic E-state index is 6.00. The van der Waals surface area contributed by atoms with E-state index in [2.05, 4.69) is 49.1 Å². The van der Waals surface area contributed by atoms with Crippen LogP contribution in [-0.2, 0) is 6.54 Å². The molecule has 0 saturated carbocycles. The predicted molar refractivity (Wildman–Crippen MR) is 105 cm³/mol. The molecule has 6 nitrogen and oxygen atoms in total. The number of rotatable bonds is 3. The molecule has 1 aromatic carbocycles. The van der Waals surface area contributed by atoms with Crippen molar-refractivity contribution in [2.24, 2.45) is 0 Å². The van der Waals surface area contributed by atoms with Gasteiger partial charge in [0.2, 0.25) is 0 Å². The molecule has 0 aliphatic carbocycles. The Balaban J connectivity index is 1.57. The van der Waals surface area contributed by atoms with Gasteiger partial charge in [-0.25, -0.2) is 9.97 Å². The van der Waals surface area contributed by atoms with Gasteiger partial charge in [0.15, 0.2) is 5.65 Å². The molecule has 0 atom stereocenters.